The van der Waals surface area contributed by atoms with Gasteiger partial charge in [-0.1, -0.05) is 57.1 Å². The van der Waals surface area contributed by atoms with Crippen LogP contribution >= 0.6 is 24.4 Å². The van der Waals surface area contributed by atoms with Crippen LogP contribution in [0.2, 0.25) is 0 Å². The summed E-state index contributed by atoms with van der Waals surface area (Å²) in [6.45, 7) is 0. The highest BCUT2D eigenvalue weighted by Gasteiger charge is 1.92. The number of unbranched alkanes of at least 4 members (excludes halogenated alkanes) is 10. The van der Waals surface area contributed by atoms with Gasteiger partial charge in [-0.05, 0) is 50.1 Å². The van der Waals surface area contributed by atoms with Crippen LogP contribution < -0.4 is 0 Å². The second-order valence-corrected chi connectivity index (χ2v) is 5.33. The highest BCUT2D eigenvalue weighted by molar-refractivity contribution is 7.78. The van der Waals surface area contributed by atoms with Crippen molar-refractivity contribution < 1.29 is 0 Å². The van der Waals surface area contributed by atoms with Crippen molar-refractivity contribution >= 4 is 34.8 Å². The van der Waals surface area contributed by atoms with Gasteiger partial charge in [0.05, 0.1) is 10.3 Å². The van der Waals surface area contributed by atoms with E-state index >= 15 is 0 Å². The third-order valence-electron chi connectivity index (χ3n) is 3.21. The molecule has 0 amide bonds. The van der Waals surface area contributed by atoms with Gasteiger partial charge in [0.15, 0.2) is 0 Å². The van der Waals surface area contributed by atoms with E-state index in [0.29, 0.717) is 0 Å². The molecule has 0 saturated heterocycles. The molecule has 0 unspecified atom stereocenters. The zero-order chi connectivity index (χ0) is 15.4. The first kappa shape index (κ1) is 20.1. The van der Waals surface area contributed by atoms with E-state index in [4.69, 9.17) is 0 Å². The smallest absolute Gasteiger partial charge is 0.0634 e. The summed E-state index contributed by atoms with van der Waals surface area (Å²) in [7, 11) is 0. The maximum atomic E-state index is 4.48. The van der Waals surface area contributed by atoms with E-state index in [1.54, 1.807) is 12.4 Å². The van der Waals surface area contributed by atoms with Gasteiger partial charge in [-0.2, -0.15) is 0 Å². The van der Waals surface area contributed by atoms with E-state index in [0.717, 1.165) is 12.8 Å². The molecule has 4 heteroatoms. The standard InChI is InChI=1S/C17H26N2S2/c20-16-18-14-12-10-8-6-4-2-1-3-5-7-9-11-13-15-19-17-21/h12-15H,1-11H2. The molecule has 0 N–H and O–H groups in total. The number of hydrogen-bond acceptors (Lipinski definition) is 4. The average Bonchev–Trinajstić information content (AvgIpc) is 2.50. The fourth-order valence-corrected chi connectivity index (χ4v) is 2.20. The first-order chi connectivity index (χ1) is 10.4. The molecular weight excluding hydrogens is 296 g/mol. The van der Waals surface area contributed by atoms with Gasteiger partial charge in [-0.25, -0.2) is 9.98 Å². The summed E-state index contributed by atoms with van der Waals surface area (Å²) in [5, 5.41) is 4.65. The number of nitrogens with zero attached hydrogens (tertiary/aromatic N) is 2. The van der Waals surface area contributed by atoms with Crippen molar-refractivity contribution in [2.45, 2.75) is 70.6 Å². The Morgan fingerprint density at radius 3 is 1.24 bits per heavy atom. The van der Waals surface area contributed by atoms with Gasteiger partial charge in [0, 0.05) is 12.4 Å². The van der Waals surface area contributed by atoms with Crippen LogP contribution in [0.3, 0.4) is 0 Å². The number of thiocarbonyl (C=S) groups is 2. The number of rotatable bonds is 14. The van der Waals surface area contributed by atoms with E-state index in [1.807, 2.05) is 0 Å². The van der Waals surface area contributed by atoms with Gasteiger partial charge < -0.3 is 0 Å². The van der Waals surface area contributed by atoms with Crippen LogP contribution in [0.1, 0.15) is 70.6 Å². The van der Waals surface area contributed by atoms with Gasteiger partial charge in [0.25, 0.3) is 0 Å². The summed E-state index contributed by atoms with van der Waals surface area (Å²) < 4.78 is 0. The van der Waals surface area contributed by atoms with Gasteiger partial charge in [-0.15, -0.1) is 0 Å². The Morgan fingerprint density at radius 1 is 0.571 bits per heavy atom. The second kappa shape index (κ2) is 19.1. The van der Waals surface area contributed by atoms with E-state index < -0.39 is 0 Å². The molecule has 0 atom stereocenters. The van der Waals surface area contributed by atoms with Gasteiger partial charge in [0.2, 0.25) is 0 Å². The minimum atomic E-state index is 1.10. The van der Waals surface area contributed by atoms with E-state index in [2.05, 4.69) is 56.9 Å². The minimum Gasteiger partial charge on any atom is -0.203 e. The molecule has 0 aliphatic heterocycles. The summed E-state index contributed by atoms with van der Waals surface area (Å²) in [5.41, 5.74) is 0. The monoisotopic (exact) mass is 322 g/mol. The molecule has 116 valence electrons. The molecule has 0 bridgehead atoms. The Bertz CT molecular complexity index is 340. The van der Waals surface area contributed by atoms with Crippen molar-refractivity contribution in [3.8, 4) is 0 Å². The normalized spacial score (nSPS) is 10.7. The lowest BCUT2D eigenvalue weighted by molar-refractivity contribution is 0.561. The molecule has 2 nitrogen and oxygen atoms in total. The molecule has 0 aromatic rings. The Kier molecular flexibility index (Phi) is 18.2. The molecule has 0 spiro atoms. The zero-order valence-corrected chi connectivity index (χ0v) is 14.4. The van der Waals surface area contributed by atoms with E-state index in [-0.39, 0.29) is 0 Å². The maximum Gasteiger partial charge on any atom is 0.0634 e. The van der Waals surface area contributed by atoms with Crippen molar-refractivity contribution in [3.63, 3.8) is 0 Å². The van der Waals surface area contributed by atoms with Gasteiger partial charge in [-0.3, -0.25) is 0 Å². The molecule has 0 rings (SSSR count). The molecule has 0 fully saturated rings. The second-order valence-electron chi connectivity index (χ2n) is 4.97. The highest BCUT2D eigenvalue weighted by Crippen LogP contribution is 2.11. The summed E-state index contributed by atoms with van der Waals surface area (Å²) in [6.07, 6.45) is 21.7. The predicted molar refractivity (Wildman–Crippen MR) is 99.1 cm³/mol. The van der Waals surface area contributed by atoms with Gasteiger partial charge >= 0.3 is 0 Å². The minimum absolute atomic E-state index is 1.10. The lowest BCUT2D eigenvalue weighted by Gasteiger charge is -2.01. The van der Waals surface area contributed by atoms with Crippen LogP contribution in [-0.4, -0.2) is 10.3 Å². The quantitative estimate of drug-likeness (QED) is 0.207. The van der Waals surface area contributed by atoms with Crippen molar-refractivity contribution in [2.75, 3.05) is 0 Å². The Morgan fingerprint density at radius 2 is 0.905 bits per heavy atom. The third kappa shape index (κ3) is 19.1. The SMILES string of the molecule is S=C=NC=CCCCCCCCCCCCC=CN=C=S. The molecule has 0 radical (unpaired) electrons. The predicted octanol–water partition coefficient (Wildman–Crippen LogP) is 6.51. The van der Waals surface area contributed by atoms with Crippen LogP contribution in [-0.2, 0) is 0 Å². The summed E-state index contributed by atoms with van der Waals surface area (Å²) in [6, 6.07) is 0. The fourth-order valence-electron chi connectivity index (χ4n) is 2.08. The lowest BCUT2D eigenvalue weighted by Crippen LogP contribution is -1.81. The van der Waals surface area contributed by atoms with Crippen molar-refractivity contribution in [3.05, 3.63) is 24.6 Å². The molecule has 0 aliphatic carbocycles. The molecule has 0 aromatic carbocycles. The Hall–Kier alpha value is -0.920. The fraction of sp³-hybridized carbons (Fsp3) is 0.647. The Labute approximate surface area is 140 Å². The number of aliphatic imine (C=N–C) groups is 2. The zero-order valence-electron chi connectivity index (χ0n) is 12.8. The van der Waals surface area contributed by atoms with E-state index in [9.17, 15) is 0 Å². The van der Waals surface area contributed by atoms with Crippen LogP contribution in [0.5, 0.6) is 0 Å². The average molecular weight is 323 g/mol. The first-order valence-corrected chi connectivity index (χ1v) is 8.67. The molecular formula is C17H26N2S2. The largest absolute Gasteiger partial charge is 0.203 e. The van der Waals surface area contributed by atoms with E-state index in [1.165, 1.54) is 57.8 Å². The van der Waals surface area contributed by atoms with Crippen LogP contribution in [0, 0.1) is 0 Å². The molecule has 0 aromatic heterocycles. The van der Waals surface area contributed by atoms with Crippen molar-refractivity contribution in [1.82, 2.24) is 0 Å². The summed E-state index contributed by atoms with van der Waals surface area (Å²) in [4.78, 5) is 7.48. The number of allylic oxidation sites excluding steroid dienone is 2. The van der Waals surface area contributed by atoms with Crippen molar-refractivity contribution in [2.24, 2.45) is 9.98 Å². The highest BCUT2D eigenvalue weighted by atomic mass is 32.1. The van der Waals surface area contributed by atoms with Crippen LogP contribution in [0.15, 0.2) is 34.5 Å². The topological polar surface area (TPSA) is 24.7 Å². The molecule has 0 aliphatic rings. The first-order valence-electron chi connectivity index (χ1n) is 7.86. The number of isothiocyanates is 2. The Balaban J connectivity index is 3.12. The third-order valence-corrected chi connectivity index (χ3v) is 3.42. The molecule has 0 heterocycles. The maximum absolute atomic E-state index is 4.48. The van der Waals surface area contributed by atoms with Crippen LogP contribution in [0.25, 0.3) is 0 Å². The molecule has 0 saturated carbocycles. The van der Waals surface area contributed by atoms with Crippen molar-refractivity contribution in [1.29, 1.82) is 0 Å². The summed E-state index contributed by atoms with van der Waals surface area (Å²) >= 11 is 8.96. The van der Waals surface area contributed by atoms with Gasteiger partial charge in [0.1, 0.15) is 0 Å². The lowest BCUT2D eigenvalue weighted by atomic mass is 10.1. The number of hydrogen-bond donors (Lipinski definition) is 0. The molecule has 21 heavy (non-hydrogen) atoms. The summed E-state index contributed by atoms with van der Waals surface area (Å²) in [5.74, 6) is 0. The van der Waals surface area contributed by atoms with Crippen LogP contribution in [0.4, 0.5) is 0 Å².